The van der Waals surface area contributed by atoms with Crippen molar-refractivity contribution in [3.63, 3.8) is 0 Å². The normalized spacial score (nSPS) is 10.7. The smallest absolute Gasteiger partial charge is 0.258 e. The van der Waals surface area contributed by atoms with Gasteiger partial charge in [-0.15, -0.1) is 0 Å². The second kappa shape index (κ2) is 6.21. The number of carbonyl (C=O) groups excluding carboxylic acids is 2. The molecule has 1 N–H and O–H groups in total. The van der Waals surface area contributed by atoms with Crippen LogP contribution in [-0.2, 0) is 0 Å². The van der Waals surface area contributed by atoms with Gasteiger partial charge in [-0.1, -0.05) is 72.8 Å². The van der Waals surface area contributed by atoms with Gasteiger partial charge in [0, 0.05) is 11.1 Å². The van der Waals surface area contributed by atoms with Crippen molar-refractivity contribution in [2.45, 2.75) is 0 Å². The highest BCUT2D eigenvalue weighted by Crippen LogP contribution is 2.20. The number of imide groups is 1. The Balaban J connectivity index is 1.69. The zero-order valence-corrected chi connectivity index (χ0v) is 13.4. The molecule has 120 valence electrons. The minimum atomic E-state index is -0.394. The third kappa shape index (κ3) is 2.76. The first-order chi connectivity index (χ1) is 12.2. The molecule has 0 spiro atoms. The summed E-state index contributed by atoms with van der Waals surface area (Å²) in [6.45, 7) is 0. The molecule has 4 rings (SSSR count). The summed E-state index contributed by atoms with van der Waals surface area (Å²) in [4.78, 5) is 25.3. The molecular weight excluding hydrogens is 310 g/mol. The maximum atomic E-state index is 12.6. The van der Waals surface area contributed by atoms with Crippen LogP contribution >= 0.6 is 0 Å². The van der Waals surface area contributed by atoms with E-state index >= 15 is 0 Å². The molecule has 0 saturated heterocycles. The fourth-order valence-corrected chi connectivity index (χ4v) is 3.08. The van der Waals surface area contributed by atoms with E-state index in [0.29, 0.717) is 11.1 Å². The van der Waals surface area contributed by atoms with E-state index in [9.17, 15) is 9.59 Å². The molecule has 0 aliphatic rings. The van der Waals surface area contributed by atoms with E-state index < -0.39 is 11.8 Å². The first-order valence-electron chi connectivity index (χ1n) is 8.05. The number of hydrogen-bond donors (Lipinski definition) is 1. The Hall–Kier alpha value is -3.46. The first-order valence-corrected chi connectivity index (χ1v) is 8.05. The summed E-state index contributed by atoms with van der Waals surface area (Å²) in [5, 5.41) is 6.10. The van der Waals surface area contributed by atoms with E-state index in [-0.39, 0.29) is 0 Å². The monoisotopic (exact) mass is 325 g/mol. The minimum absolute atomic E-state index is 0.394. The van der Waals surface area contributed by atoms with Crippen LogP contribution in [0.15, 0.2) is 84.9 Å². The molecule has 25 heavy (non-hydrogen) atoms. The highest BCUT2D eigenvalue weighted by Gasteiger charge is 2.16. The highest BCUT2D eigenvalue weighted by molar-refractivity contribution is 6.18. The molecule has 3 nitrogen and oxygen atoms in total. The van der Waals surface area contributed by atoms with Crippen LogP contribution in [0.3, 0.4) is 0 Å². The summed E-state index contributed by atoms with van der Waals surface area (Å²) in [6, 6.07) is 26.2. The molecule has 0 bridgehead atoms. The molecule has 0 fully saturated rings. The minimum Gasteiger partial charge on any atom is -0.288 e. The molecular formula is C22H15NO2. The summed E-state index contributed by atoms with van der Waals surface area (Å²) >= 11 is 0. The van der Waals surface area contributed by atoms with Crippen LogP contribution < -0.4 is 5.32 Å². The molecule has 0 saturated carbocycles. The quantitative estimate of drug-likeness (QED) is 0.549. The Kier molecular flexibility index (Phi) is 3.75. The molecule has 4 aromatic carbocycles. The van der Waals surface area contributed by atoms with Gasteiger partial charge < -0.3 is 0 Å². The summed E-state index contributed by atoms with van der Waals surface area (Å²) in [7, 11) is 0. The Morgan fingerprint density at radius 2 is 0.920 bits per heavy atom. The van der Waals surface area contributed by atoms with E-state index in [1.54, 1.807) is 12.1 Å². The fraction of sp³-hybridized carbons (Fsp3) is 0. The van der Waals surface area contributed by atoms with E-state index in [4.69, 9.17) is 0 Å². The molecule has 0 unspecified atom stereocenters. The molecule has 2 amide bonds. The average molecular weight is 325 g/mol. The van der Waals surface area contributed by atoms with Crippen molar-refractivity contribution < 1.29 is 9.59 Å². The van der Waals surface area contributed by atoms with Crippen LogP contribution in [-0.4, -0.2) is 11.8 Å². The topological polar surface area (TPSA) is 46.2 Å². The van der Waals surface area contributed by atoms with Crippen molar-refractivity contribution in [2.24, 2.45) is 0 Å². The Morgan fingerprint density at radius 1 is 0.520 bits per heavy atom. The number of benzene rings is 4. The number of fused-ring (bicyclic) bond motifs is 2. The van der Waals surface area contributed by atoms with Crippen LogP contribution in [0, 0.1) is 0 Å². The van der Waals surface area contributed by atoms with Gasteiger partial charge in [0.25, 0.3) is 11.8 Å². The number of hydrogen-bond acceptors (Lipinski definition) is 2. The first kappa shape index (κ1) is 15.1. The van der Waals surface area contributed by atoms with E-state index in [1.165, 1.54) is 0 Å². The summed E-state index contributed by atoms with van der Waals surface area (Å²) in [6.07, 6.45) is 0. The molecule has 0 aromatic heterocycles. The maximum Gasteiger partial charge on any atom is 0.258 e. The molecule has 0 aliphatic carbocycles. The molecule has 3 heteroatoms. The molecule has 4 aromatic rings. The number of nitrogens with one attached hydrogen (secondary N) is 1. The third-order valence-corrected chi connectivity index (χ3v) is 4.30. The zero-order chi connectivity index (χ0) is 17.2. The lowest BCUT2D eigenvalue weighted by Gasteiger charge is -2.09. The van der Waals surface area contributed by atoms with Gasteiger partial charge in [0.1, 0.15) is 0 Å². The van der Waals surface area contributed by atoms with Crippen molar-refractivity contribution in [3.05, 3.63) is 96.1 Å². The van der Waals surface area contributed by atoms with Gasteiger partial charge in [0.05, 0.1) is 0 Å². The molecule has 0 aliphatic heterocycles. The second-order valence-corrected chi connectivity index (χ2v) is 5.84. The fourth-order valence-electron chi connectivity index (χ4n) is 3.08. The van der Waals surface area contributed by atoms with Gasteiger partial charge >= 0.3 is 0 Å². The van der Waals surface area contributed by atoms with Gasteiger partial charge in [0.15, 0.2) is 0 Å². The average Bonchev–Trinajstić information content (AvgIpc) is 2.67. The van der Waals surface area contributed by atoms with Crippen LogP contribution in [0.4, 0.5) is 0 Å². The predicted molar refractivity (Wildman–Crippen MR) is 99.7 cm³/mol. The third-order valence-electron chi connectivity index (χ3n) is 4.30. The number of rotatable bonds is 2. The molecule has 0 atom stereocenters. The van der Waals surface area contributed by atoms with Gasteiger partial charge in [-0.3, -0.25) is 14.9 Å². The molecule has 0 radical (unpaired) electrons. The number of carbonyl (C=O) groups is 2. The summed E-state index contributed by atoms with van der Waals surface area (Å²) in [5.74, 6) is -0.788. The van der Waals surface area contributed by atoms with E-state index in [0.717, 1.165) is 21.5 Å². The van der Waals surface area contributed by atoms with Gasteiger partial charge in [-0.25, -0.2) is 0 Å². The number of amides is 2. The van der Waals surface area contributed by atoms with Crippen molar-refractivity contribution in [2.75, 3.05) is 0 Å². The van der Waals surface area contributed by atoms with Crippen molar-refractivity contribution in [1.82, 2.24) is 5.32 Å². The second-order valence-electron chi connectivity index (χ2n) is 5.84. The zero-order valence-electron chi connectivity index (χ0n) is 13.4. The van der Waals surface area contributed by atoms with Gasteiger partial charge in [-0.05, 0) is 33.7 Å². The Bertz CT molecular complexity index is 1020. The maximum absolute atomic E-state index is 12.6. The van der Waals surface area contributed by atoms with Crippen LogP contribution in [0.1, 0.15) is 20.7 Å². The summed E-state index contributed by atoms with van der Waals surface area (Å²) < 4.78 is 0. The Labute approximate surface area is 144 Å². The van der Waals surface area contributed by atoms with Crippen LogP contribution in [0.25, 0.3) is 21.5 Å². The van der Waals surface area contributed by atoms with E-state index in [1.807, 2.05) is 72.8 Å². The SMILES string of the molecule is O=C(NC(=O)c1cccc2ccccc12)c1cccc2ccccc12. The summed E-state index contributed by atoms with van der Waals surface area (Å²) in [5.41, 5.74) is 0.985. The molecule has 0 heterocycles. The van der Waals surface area contributed by atoms with Gasteiger partial charge in [-0.2, -0.15) is 0 Å². The largest absolute Gasteiger partial charge is 0.288 e. The van der Waals surface area contributed by atoms with Crippen LogP contribution in [0.2, 0.25) is 0 Å². The van der Waals surface area contributed by atoms with Crippen molar-refractivity contribution in [3.8, 4) is 0 Å². The standard InChI is InChI=1S/C22H15NO2/c24-21(19-13-5-9-15-7-1-3-11-17(15)19)23-22(25)20-14-6-10-16-8-2-4-12-18(16)20/h1-14H,(H,23,24,25). The van der Waals surface area contributed by atoms with Crippen molar-refractivity contribution in [1.29, 1.82) is 0 Å². The van der Waals surface area contributed by atoms with Gasteiger partial charge in [0.2, 0.25) is 0 Å². The van der Waals surface area contributed by atoms with E-state index in [2.05, 4.69) is 5.32 Å². The lowest BCUT2D eigenvalue weighted by Crippen LogP contribution is -2.30. The highest BCUT2D eigenvalue weighted by atomic mass is 16.2. The predicted octanol–water partition coefficient (Wildman–Crippen LogP) is 4.56. The Morgan fingerprint density at radius 3 is 1.40 bits per heavy atom. The lowest BCUT2D eigenvalue weighted by molar-refractivity contribution is 0.0851. The van der Waals surface area contributed by atoms with Crippen molar-refractivity contribution >= 4 is 33.4 Å². The van der Waals surface area contributed by atoms with Crippen LogP contribution in [0.5, 0.6) is 0 Å². The lowest BCUT2D eigenvalue weighted by atomic mass is 10.0.